The molecule has 0 saturated heterocycles. The minimum atomic E-state index is -0.199. The third-order valence-electron chi connectivity index (χ3n) is 2.67. The van der Waals surface area contributed by atoms with E-state index >= 15 is 0 Å². The van der Waals surface area contributed by atoms with E-state index in [9.17, 15) is 4.39 Å². The minimum absolute atomic E-state index is 0.199. The highest BCUT2D eigenvalue weighted by atomic mass is 32.2. The molecule has 1 aromatic heterocycles. The fraction of sp³-hybridized carbons (Fsp3) is 0.333. The molecule has 0 fully saturated rings. The van der Waals surface area contributed by atoms with E-state index in [-0.39, 0.29) is 5.82 Å². The van der Waals surface area contributed by atoms with Crippen LogP contribution in [0.5, 0.6) is 0 Å². The molecule has 1 N–H and O–H groups in total. The van der Waals surface area contributed by atoms with Crippen molar-refractivity contribution in [3.63, 3.8) is 0 Å². The molecule has 1 aromatic carbocycles. The fourth-order valence-electron chi connectivity index (χ4n) is 1.57. The second kappa shape index (κ2) is 7.36. The predicted octanol–water partition coefficient (Wildman–Crippen LogP) is 3.41. The zero-order chi connectivity index (χ0) is 14.4. The Balaban J connectivity index is 1.89. The lowest BCUT2D eigenvalue weighted by Gasteiger charge is -2.07. The van der Waals surface area contributed by atoms with Crippen LogP contribution < -0.4 is 5.32 Å². The number of halogens is 1. The van der Waals surface area contributed by atoms with Crippen molar-refractivity contribution in [1.82, 2.24) is 15.3 Å². The lowest BCUT2D eigenvalue weighted by molar-refractivity contribution is 0.586. The average molecular weight is 291 g/mol. The van der Waals surface area contributed by atoms with Gasteiger partial charge < -0.3 is 5.32 Å². The van der Waals surface area contributed by atoms with Crippen molar-refractivity contribution in [2.45, 2.75) is 37.1 Å². The van der Waals surface area contributed by atoms with E-state index in [1.54, 1.807) is 12.1 Å². The summed E-state index contributed by atoms with van der Waals surface area (Å²) in [6.45, 7) is 4.96. The first-order chi connectivity index (χ1) is 9.65. The Bertz CT molecular complexity index is 543. The molecule has 0 unspecified atom stereocenters. The van der Waals surface area contributed by atoms with Gasteiger partial charge in [0.2, 0.25) is 0 Å². The van der Waals surface area contributed by atoms with Crippen LogP contribution >= 0.6 is 11.8 Å². The van der Waals surface area contributed by atoms with Gasteiger partial charge in [-0.1, -0.05) is 26.0 Å². The predicted molar refractivity (Wildman–Crippen MR) is 80.0 cm³/mol. The monoisotopic (exact) mass is 291 g/mol. The number of thioether (sulfide) groups is 1. The van der Waals surface area contributed by atoms with Gasteiger partial charge in [-0.05, 0) is 12.1 Å². The van der Waals surface area contributed by atoms with E-state index in [0.29, 0.717) is 22.5 Å². The summed E-state index contributed by atoms with van der Waals surface area (Å²) in [4.78, 5) is 9.24. The quantitative estimate of drug-likeness (QED) is 0.828. The molecule has 0 amide bonds. The van der Waals surface area contributed by atoms with Crippen molar-refractivity contribution in [3.8, 4) is 0 Å². The summed E-state index contributed by atoms with van der Waals surface area (Å²) in [6.07, 6.45) is 3.64. The van der Waals surface area contributed by atoms with Gasteiger partial charge in [-0.2, -0.15) is 0 Å². The molecule has 0 aliphatic carbocycles. The highest BCUT2D eigenvalue weighted by Gasteiger charge is 2.04. The molecule has 1 heterocycles. The summed E-state index contributed by atoms with van der Waals surface area (Å²) in [5.41, 5.74) is 1.05. The first-order valence-corrected chi connectivity index (χ1v) is 7.54. The molecule has 0 spiro atoms. The maximum Gasteiger partial charge on any atom is 0.138 e. The number of nitrogens with zero attached hydrogens (tertiary/aromatic N) is 2. The Morgan fingerprint density at radius 2 is 1.90 bits per heavy atom. The molecule has 0 aliphatic rings. The van der Waals surface area contributed by atoms with Crippen molar-refractivity contribution in [1.29, 1.82) is 0 Å². The van der Waals surface area contributed by atoms with E-state index in [2.05, 4.69) is 29.1 Å². The Labute approximate surface area is 123 Å². The number of rotatable bonds is 6. The van der Waals surface area contributed by atoms with Crippen LogP contribution in [0.15, 0.2) is 41.6 Å². The van der Waals surface area contributed by atoms with Gasteiger partial charge >= 0.3 is 0 Å². The van der Waals surface area contributed by atoms with Crippen molar-refractivity contribution >= 4 is 11.8 Å². The third kappa shape index (κ3) is 4.58. The highest BCUT2D eigenvalue weighted by Crippen LogP contribution is 2.23. The van der Waals surface area contributed by atoms with Crippen LogP contribution in [0.2, 0.25) is 0 Å². The van der Waals surface area contributed by atoms with Crippen molar-refractivity contribution < 1.29 is 4.39 Å². The topological polar surface area (TPSA) is 37.8 Å². The molecular formula is C15H18FN3S. The van der Waals surface area contributed by atoms with Crippen LogP contribution in [0.25, 0.3) is 0 Å². The SMILES string of the molecule is CC(C)NCc1cnc(CSc2ccccc2F)nc1. The van der Waals surface area contributed by atoms with E-state index in [1.165, 1.54) is 17.8 Å². The Morgan fingerprint density at radius 3 is 2.55 bits per heavy atom. The normalized spacial score (nSPS) is 11.0. The molecule has 106 valence electrons. The van der Waals surface area contributed by atoms with Crippen LogP contribution in [0.1, 0.15) is 25.2 Å². The van der Waals surface area contributed by atoms with Crippen molar-refractivity contribution in [3.05, 3.63) is 53.9 Å². The molecule has 2 rings (SSSR count). The van der Waals surface area contributed by atoms with Gasteiger partial charge in [0.1, 0.15) is 11.6 Å². The van der Waals surface area contributed by atoms with Gasteiger partial charge in [0, 0.05) is 35.4 Å². The summed E-state index contributed by atoms with van der Waals surface area (Å²) >= 11 is 1.41. The maximum absolute atomic E-state index is 13.5. The van der Waals surface area contributed by atoms with Gasteiger partial charge in [-0.25, -0.2) is 14.4 Å². The lowest BCUT2D eigenvalue weighted by atomic mass is 10.3. The zero-order valence-electron chi connectivity index (χ0n) is 11.6. The Kier molecular flexibility index (Phi) is 5.49. The fourth-order valence-corrected chi connectivity index (χ4v) is 2.39. The van der Waals surface area contributed by atoms with Crippen molar-refractivity contribution in [2.24, 2.45) is 0 Å². The number of aromatic nitrogens is 2. The van der Waals surface area contributed by atoms with Crippen LogP contribution in [0.3, 0.4) is 0 Å². The van der Waals surface area contributed by atoms with Gasteiger partial charge in [0.25, 0.3) is 0 Å². The molecule has 2 aromatic rings. The first-order valence-electron chi connectivity index (χ1n) is 6.55. The lowest BCUT2D eigenvalue weighted by Crippen LogP contribution is -2.22. The molecule has 0 bridgehead atoms. The zero-order valence-corrected chi connectivity index (χ0v) is 12.5. The number of hydrogen-bond donors (Lipinski definition) is 1. The summed E-state index contributed by atoms with van der Waals surface area (Å²) < 4.78 is 13.5. The summed E-state index contributed by atoms with van der Waals surface area (Å²) in [7, 11) is 0. The van der Waals surface area contributed by atoms with Crippen LogP contribution in [-0.4, -0.2) is 16.0 Å². The van der Waals surface area contributed by atoms with E-state index in [1.807, 2.05) is 18.5 Å². The van der Waals surface area contributed by atoms with Crippen molar-refractivity contribution in [2.75, 3.05) is 0 Å². The second-order valence-corrected chi connectivity index (χ2v) is 5.78. The molecular weight excluding hydrogens is 273 g/mol. The highest BCUT2D eigenvalue weighted by molar-refractivity contribution is 7.98. The third-order valence-corrected chi connectivity index (χ3v) is 3.71. The molecule has 0 atom stereocenters. The van der Waals surface area contributed by atoms with E-state index < -0.39 is 0 Å². The maximum atomic E-state index is 13.5. The Hall–Kier alpha value is -1.46. The molecule has 20 heavy (non-hydrogen) atoms. The van der Waals surface area contributed by atoms with Gasteiger partial charge in [0.05, 0.1) is 5.75 Å². The smallest absolute Gasteiger partial charge is 0.138 e. The largest absolute Gasteiger partial charge is 0.310 e. The van der Waals surface area contributed by atoms with Crippen LogP contribution in [0, 0.1) is 5.82 Å². The number of benzene rings is 1. The molecule has 5 heteroatoms. The van der Waals surface area contributed by atoms with E-state index in [0.717, 1.165) is 12.1 Å². The summed E-state index contributed by atoms with van der Waals surface area (Å²) in [6, 6.07) is 7.18. The summed E-state index contributed by atoms with van der Waals surface area (Å²) in [5.74, 6) is 1.08. The van der Waals surface area contributed by atoms with Gasteiger partial charge in [-0.3, -0.25) is 0 Å². The Morgan fingerprint density at radius 1 is 1.20 bits per heavy atom. The molecule has 0 saturated carbocycles. The van der Waals surface area contributed by atoms with Gasteiger partial charge in [-0.15, -0.1) is 11.8 Å². The van der Waals surface area contributed by atoms with Gasteiger partial charge in [0.15, 0.2) is 0 Å². The number of hydrogen-bond acceptors (Lipinski definition) is 4. The standard InChI is InChI=1S/C15H18FN3S/c1-11(2)17-7-12-8-18-15(19-9-12)10-20-14-6-4-3-5-13(14)16/h3-6,8-9,11,17H,7,10H2,1-2H3. The number of nitrogens with one attached hydrogen (secondary N) is 1. The molecule has 0 radical (unpaired) electrons. The first kappa shape index (κ1) is 14.9. The molecule has 3 nitrogen and oxygen atoms in total. The minimum Gasteiger partial charge on any atom is -0.310 e. The molecule has 0 aliphatic heterocycles. The average Bonchev–Trinajstić information content (AvgIpc) is 2.45. The van der Waals surface area contributed by atoms with E-state index in [4.69, 9.17) is 0 Å². The van der Waals surface area contributed by atoms with Crippen LogP contribution in [-0.2, 0) is 12.3 Å². The summed E-state index contributed by atoms with van der Waals surface area (Å²) in [5, 5.41) is 3.31. The van der Waals surface area contributed by atoms with Crippen LogP contribution in [0.4, 0.5) is 4.39 Å². The second-order valence-electron chi connectivity index (χ2n) is 4.76.